The van der Waals surface area contributed by atoms with Crippen molar-refractivity contribution in [1.29, 1.82) is 0 Å². The zero-order valence-electron chi connectivity index (χ0n) is 11.7. The van der Waals surface area contributed by atoms with Crippen LogP contribution < -0.4 is 4.90 Å². The first-order valence-corrected chi connectivity index (χ1v) is 6.61. The predicted molar refractivity (Wildman–Crippen MR) is 76.2 cm³/mol. The zero-order chi connectivity index (χ0) is 14.0. The largest absolute Gasteiger partial charge is 0.365 e. The van der Waals surface area contributed by atoms with Crippen molar-refractivity contribution in [2.45, 2.75) is 27.2 Å². The summed E-state index contributed by atoms with van der Waals surface area (Å²) in [6.45, 7) is 7.98. The average Bonchev–Trinajstić information content (AvgIpc) is 2.37. The molecule has 0 radical (unpaired) electrons. The molecular formula is C16H20FNO. The molecule has 1 aliphatic rings. The van der Waals surface area contributed by atoms with Gasteiger partial charge in [0.05, 0.1) is 5.69 Å². The van der Waals surface area contributed by atoms with Gasteiger partial charge in [0.15, 0.2) is 6.29 Å². The summed E-state index contributed by atoms with van der Waals surface area (Å²) in [5.41, 5.74) is 2.41. The Morgan fingerprint density at radius 3 is 2.58 bits per heavy atom. The lowest BCUT2D eigenvalue weighted by Gasteiger charge is -2.34. The minimum atomic E-state index is -0.322. The molecular weight excluding hydrogens is 241 g/mol. The van der Waals surface area contributed by atoms with E-state index >= 15 is 0 Å². The maximum Gasteiger partial charge on any atom is 0.152 e. The van der Waals surface area contributed by atoms with E-state index < -0.39 is 0 Å². The normalized spacial score (nSPS) is 16.2. The third-order valence-corrected chi connectivity index (χ3v) is 3.63. The number of hydrogen-bond donors (Lipinski definition) is 0. The van der Waals surface area contributed by atoms with E-state index in [1.807, 2.05) is 4.90 Å². The highest BCUT2D eigenvalue weighted by atomic mass is 19.1. The van der Waals surface area contributed by atoms with E-state index in [9.17, 15) is 9.18 Å². The van der Waals surface area contributed by atoms with Gasteiger partial charge in [-0.05, 0) is 24.0 Å². The Labute approximate surface area is 113 Å². The van der Waals surface area contributed by atoms with Crippen LogP contribution in [0.15, 0.2) is 29.8 Å². The molecule has 0 amide bonds. The highest BCUT2D eigenvalue weighted by Gasteiger charge is 2.23. The number of rotatable bonds is 2. The molecule has 2 rings (SSSR count). The van der Waals surface area contributed by atoms with Crippen molar-refractivity contribution >= 4 is 12.0 Å². The summed E-state index contributed by atoms with van der Waals surface area (Å²) in [4.78, 5) is 13.0. The number of aldehydes is 1. The van der Waals surface area contributed by atoms with Crippen LogP contribution in [0.25, 0.3) is 0 Å². The molecule has 0 unspecified atom stereocenters. The Bertz CT molecular complexity index is 514. The number of hydrogen-bond acceptors (Lipinski definition) is 2. The second-order valence-electron chi connectivity index (χ2n) is 5.97. The Morgan fingerprint density at radius 1 is 1.32 bits per heavy atom. The van der Waals surface area contributed by atoms with Crippen LogP contribution in [0.2, 0.25) is 0 Å². The Kier molecular flexibility index (Phi) is 3.74. The van der Waals surface area contributed by atoms with Crippen molar-refractivity contribution < 1.29 is 9.18 Å². The van der Waals surface area contributed by atoms with Gasteiger partial charge >= 0.3 is 0 Å². The van der Waals surface area contributed by atoms with Gasteiger partial charge in [0, 0.05) is 18.7 Å². The van der Waals surface area contributed by atoms with E-state index in [1.165, 1.54) is 11.6 Å². The Balaban J connectivity index is 2.28. The number of nitrogens with zero attached hydrogens (tertiary/aromatic N) is 1. The first kappa shape index (κ1) is 13.8. The third kappa shape index (κ3) is 2.86. The first-order chi connectivity index (χ1) is 8.93. The van der Waals surface area contributed by atoms with Crippen molar-refractivity contribution in [3.63, 3.8) is 0 Å². The number of carbonyl (C=O) groups is 1. The number of carbonyl (C=O) groups excluding carboxylic acids is 1. The highest BCUT2D eigenvalue weighted by molar-refractivity contribution is 5.85. The van der Waals surface area contributed by atoms with Crippen molar-refractivity contribution in [2.75, 3.05) is 18.0 Å². The molecule has 0 saturated carbocycles. The summed E-state index contributed by atoms with van der Waals surface area (Å²) in [7, 11) is 0. The molecule has 0 bridgehead atoms. The van der Waals surface area contributed by atoms with Gasteiger partial charge in [-0.15, -0.1) is 0 Å². The smallest absolute Gasteiger partial charge is 0.152 e. The lowest BCUT2D eigenvalue weighted by Crippen LogP contribution is -2.32. The number of halogens is 1. The number of anilines is 1. The van der Waals surface area contributed by atoms with Crippen LogP contribution >= 0.6 is 0 Å². The van der Waals surface area contributed by atoms with Crippen molar-refractivity contribution in [3.05, 3.63) is 41.2 Å². The molecule has 0 saturated heterocycles. The molecule has 0 fully saturated rings. The third-order valence-electron chi connectivity index (χ3n) is 3.63. The monoisotopic (exact) mass is 261 g/mol. The molecule has 0 aromatic heterocycles. The maximum atomic E-state index is 13.9. The number of para-hydroxylation sites is 1. The summed E-state index contributed by atoms with van der Waals surface area (Å²) in [6.07, 6.45) is 3.79. The summed E-state index contributed by atoms with van der Waals surface area (Å²) in [5.74, 6) is -0.322. The molecule has 19 heavy (non-hydrogen) atoms. The van der Waals surface area contributed by atoms with Crippen LogP contribution in [0.3, 0.4) is 0 Å². The topological polar surface area (TPSA) is 20.3 Å². The summed E-state index contributed by atoms with van der Waals surface area (Å²) in [6, 6.07) is 4.64. The Morgan fingerprint density at radius 2 is 2.05 bits per heavy atom. The molecule has 2 nitrogen and oxygen atoms in total. The van der Waals surface area contributed by atoms with Crippen LogP contribution in [-0.2, 0) is 0 Å². The van der Waals surface area contributed by atoms with E-state index in [4.69, 9.17) is 0 Å². The highest BCUT2D eigenvalue weighted by Crippen LogP contribution is 2.33. The Hall–Kier alpha value is -1.64. The summed E-state index contributed by atoms with van der Waals surface area (Å²) < 4.78 is 13.9. The first-order valence-electron chi connectivity index (χ1n) is 6.61. The summed E-state index contributed by atoms with van der Waals surface area (Å²) >= 11 is 0. The molecule has 0 N–H and O–H groups in total. The second kappa shape index (κ2) is 5.16. The van der Waals surface area contributed by atoms with Crippen LogP contribution in [0, 0.1) is 11.2 Å². The fraction of sp³-hybridized carbons (Fsp3) is 0.438. The van der Waals surface area contributed by atoms with E-state index in [2.05, 4.69) is 26.8 Å². The van der Waals surface area contributed by atoms with Gasteiger partial charge in [-0.1, -0.05) is 38.5 Å². The second-order valence-corrected chi connectivity index (χ2v) is 5.97. The molecule has 1 aromatic rings. The molecule has 0 atom stereocenters. The molecule has 3 heteroatoms. The van der Waals surface area contributed by atoms with E-state index in [0.717, 1.165) is 19.3 Å². The fourth-order valence-electron chi connectivity index (χ4n) is 2.51. The van der Waals surface area contributed by atoms with Gasteiger partial charge in [0.1, 0.15) is 5.82 Å². The van der Waals surface area contributed by atoms with E-state index in [-0.39, 0.29) is 11.2 Å². The molecule has 1 heterocycles. The molecule has 102 valence electrons. The minimum Gasteiger partial charge on any atom is -0.365 e. The quantitative estimate of drug-likeness (QED) is 0.596. The molecule has 0 spiro atoms. The van der Waals surface area contributed by atoms with Gasteiger partial charge in [-0.2, -0.15) is 0 Å². The zero-order valence-corrected chi connectivity index (χ0v) is 11.7. The fourth-order valence-corrected chi connectivity index (χ4v) is 2.51. The summed E-state index contributed by atoms with van der Waals surface area (Å²) in [5, 5.41) is 0. The average molecular weight is 261 g/mol. The lowest BCUT2D eigenvalue weighted by atomic mass is 9.83. The number of benzene rings is 1. The van der Waals surface area contributed by atoms with Gasteiger partial charge in [-0.25, -0.2) is 4.39 Å². The van der Waals surface area contributed by atoms with Crippen LogP contribution in [-0.4, -0.2) is 19.4 Å². The van der Waals surface area contributed by atoms with Gasteiger partial charge in [0.2, 0.25) is 0 Å². The van der Waals surface area contributed by atoms with Gasteiger partial charge < -0.3 is 4.90 Å². The standard InChI is InChI=1S/C16H20FNO/c1-16(2,3)13-7-9-18(10-8-13)15-12(11-19)5-4-6-14(15)17/h4-7,11H,8-10H2,1-3H3. The van der Waals surface area contributed by atoms with Gasteiger partial charge in [-0.3, -0.25) is 4.79 Å². The van der Waals surface area contributed by atoms with Crippen molar-refractivity contribution in [1.82, 2.24) is 0 Å². The van der Waals surface area contributed by atoms with E-state index in [0.29, 0.717) is 17.8 Å². The van der Waals surface area contributed by atoms with Crippen LogP contribution in [0.4, 0.5) is 10.1 Å². The lowest BCUT2D eigenvalue weighted by molar-refractivity contribution is 0.112. The van der Waals surface area contributed by atoms with Gasteiger partial charge in [0.25, 0.3) is 0 Å². The molecule has 0 aliphatic carbocycles. The maximum absolute atomic E-state index is 13.9. The van der Waals surface area contributed by atoms with Crippen molar-refractivity contribution in [2.24, 2.45) is 5.41 Å². The van der Waals surface area contributed by atoms with Crippen molar-refractivity contribution in [3.8, 4) is 0 Å². The SMILES string of the molecule is CC(C)(C)C1=CCN(c2c(F)cccc2C=O)CC1. The van der Waals surface area contributed by atoms with E-state index in [1.54, 1.807) is 12.1 Å². The predicted octanol–water partition coefficient (Wildman–Crippen LogP) is 3.82. The van der Waals surface area contributed by atoms with Crippen LogP contribution in [0.1, 0.15) is 37.6 Å². The van der Waals surface area contributed by atoms with Crippen LogP contribution in [0.5, 0.6) is 0 Å². The molecule has 1 aliphatic heterocycles. The molecule has 1 aromatic carbocycles. The minimum absolute atomic E-state index is 0.162.